The van der Waals surface area contributed by atoms with Gasteiger partial charge in [-0.15, -0.1) is 0 Å². The molecule has 3 aromatic rings. The van der Waals surface area contributed by atoms with Gasteiger partial charge in [-0.3, -0.25) is 0 Å². The zero-order valence-electron chi connectivity index (χ0n) is 14.2. The zero-order valence-corrected chi connectivity index (χ0v) is 14.2. The summed E-state index contributed by atoms with van der Waals surface area (Å²) in [4.78, 5) is 0. The van der Waals surface area contributed by atoms with Crippen LogP contribution < -0.4 is 5.32 Å². The first-order chi connectivity index (χ1) is 12.4. The lowest BCUT2D eigenvalue weighted by Gasteiger charge is -2.20. The minimum Gasteiger partial charge on any atom is -0.373 e. The molecule has 1 aliphatic rings. The van der Waals surface area contributed by atoms with Crippen molar-refractivity contribution >= 4 is 0 Å². The van der Waals surface area contributed by atoms with Gasteiger partial charge in [-0.05, 0) is 29.7 Å². The Labute approximate surface area is 148 Å². The standard InChI is InChI=1S/C21H23N3O/c1-2-7-17(8-3-1)21-19(11-14-25-21)16-22-15-18-9-4-5-10-20(18)24-13-6-12-23-24/h1-10,12-13,19,21-22H,11,14-16H2/t19-,21-/m1/s1. The molecule has 0 unspecified atom stereocenters. The fraction of sp³-hybridized carbons (Fsp3) is 0.286. The second kappa shape index (κ2) is 7.64. The van der Waals surface area contributed by atoms with E-state index in [0.717, 1.165) is 31.8 Å². The van der Waals surface area contributed by atoms with Crippen LogP contribution in [0.5, 0.6) is 0 Å². The Morgan fingerprint density at radius 2 is 1.88 bits per heavy atom. The summed E-state index contributed by atoms with van der Waals surface area (Å²) in [6.07, 6.45) is 5.10. The van der Waals surface area contributed by atoms with Crippen LogP contribution in [0.15, 0.2) is 73.1 Å². The molecule has 1 saturated heterocycles. The van der Waals surface area contributed by atoms with Crippen LogP contribution in [0.2, 0.25) is 0 Å². The predicted molar refractivity (Wildman–Crippen MR) is 98.5 cm³/mol. The second-order valence-electron chi connectivity index (χ2n) is 6.46. The number of rotatable bonds is 6. The normalized spacial score (nSPS) is 20.0. The van der Waals surface area contributed by atoms with Crippen molar-refractivity contribution in [3.63, 3.8) is 0 Å². The zero-order chi connectivity index (χ0) is 16.9. The minimum absolute atomic E-state index is 0.204. The molecule has 4 nitrogen and oxygen atoms in total. The highest BCUT2D eigenvalue weighted by atomic mass is 16.5. The Bertz CT molecular complexity index is 786. The van der Waals surface area contributed by atoms with Gasteiger partial charge in [0.2, 0.25) is 0 Å². The van der Waals surface area contributed by atoms with Crippen LogP contribution in [0, 0.1) is 5.92 Å². The highest BCUT2D eigenvalue weighted by molar-refractivity contribution is 5.40. The van der Waals surface area contributed by atoms with E-state index in [1.165, 1.54) is 11.1 Å². The van der Waals surface area contributed by atoms with Gasteiger partial charge in [-0.1, -0.05) is 48.5 Å². The van der Waals surface area contributed by atoms with E-state index in [1.807, 2.05) is 23.1 Å². The highest BCUT2D eigenvalue weighted by Crippen LogP contribution is 2.33. The van der Waals surface area contributed by atoms with Crippen LogP contribution >= 0.6 is 0 Å². The Morgan fingerprint density at radius 1 is 1.04 bits per heavy atom. The molecule has 4 heteroatoms. The van der Waals surface area contributed by atoms with Gasteiger partial charge < -0.3 is 10.1 Å². The molecule has 25 heavy (non-hydrogen) atoms. The highest BCUT2D eigenvalue weighted by Gasteiger charge is 2.29. The molecule has 0 radical (unpaired) electrons. The van der Waals surface area contributed by atoms with E-state index in [2.05, 4.69) is 65.0 Å². The number of hydrogen-bond donors (Lipinski definition) is 1. The summed E-state index contributed by atoms with van der Waals surface area (Å²) in [5.74, 6) is 0.513. The molecule has 1 fully saturated rings. The molecule has 2 heterocycles. The Hall–Kier alpha value is -2.43. The van der Waals surface area contributed by atoms with E-state index < -0.39 is 0 Å². The largest absolute Gasteiger partial charge is 0.373 e. The first-order valence-electron chi connectivity index (χ1n) is 8.87. The molecule has 0 bridgehead atoms. The molecule has 1 aromatic heterocycles. The van der Waals surface area contributed by atoms with Crippen molar-refractivity contribution in [3.8, 4) is 5.69 Å². The fourth-order valence-corrected chi connectivity index (χ4v) is 3.54. The first-order valence-corrected chi connectivity index (χ1v) is 8.87. The van der Waals surface area contributed by atoms with Crippen LogP contribution in [0.25, 0.3) is 5.69 Å². The number of benzene rings is 2. The van der Waals surface area contributed by atoms with Crippen LogP contribution in [-0.2, 0) is 11.3 Å². The maximum absolute atomic E-state index is 5.98. The second-order valence-corrected chi connectivity index (χ2v) is 6.46. The lowest BCUT2D eigenvalue weighted by Crippen LogP contribution is -2.25. The third-order valence-electron chi connectivity index (χ3n) is 4.81. The molecular formula is C21H23N3O. The molecular weight excluding hydrogens is 310 g/mol. The number of para-hydroxylation sites is 1. The predicted octanol–water partition coefficient (Wildman–Crippen LogP) is 3.74. The topological polar surface area (TPSA) is 39.1 Å². The average molecular weight is 333 g/mol. The van der Waals surface area contributed by atoms with Crippen LogP contribution in [0.3, 0.4) is 0 Å². The summed E-state index contributed by atoms with van der Waals surface area (Å²) in [5, 5.41) is 7.98. The Kier molecular flexibility index (Phi) is 4.91. The van der Waals surface area contributed by atoms with Crippen molar-refractivity contribution in [3.05, 3.63) is 84.2 Å². The number of ether oxygens (including phenoxy) is 1. The maximum atomic E-state index is 5.98. The van der Waals surface area contributed by atoms with E-state index in [-0.39, 0.29) is 6.10 Å². The SMILES string of the molecule is c1ccc([C@H]2OCC[C@@H]2CNCc2ccccc2-n2cccn2)cc1. The molecule has 4 rings (SSSR count). The molecule has 2 atom stereocenters. The summed E-state index contributed by atoms with van der Waals surface area (Å²) in [7, 11) is 0. The van der Waals surface area contributed by atoms with Crippen molar-refractivity contribution in [1.82, 2.24) is 15.1 Å². The van der Waals surface area contributed by atoms with E-state index in [9.17, 15) is 0 Å². The van der Waals surface area contributed by atoms with Crippen molar-refractivity contribution in [2.24, 2.45) is 5.92 Å². The summed E-state index contributed by atoms with van der Waals surface area (Å²) in [5.41, 5.74) is 3.66. The van der Waals surface area contributed by atoms with Crippen LogP contribution in [0.1, 0.15) is 23.7 Å². The third-order valence-corrected chi connectivity index (χ3v) is 4.81. The van der Waals surface area contributed by atoms with E-state index >= 15 is 0 Å². The van der Waals surface area contributed by atoms with Gasteiger partial charge in [-0.2, -0.15) is 5.10 Å². The molecule has 128 valence electrons. The van der Waals surface area contributed by atoms with Gasteiger partial charge in [0.05, 0.1) is 11.8 Å². The van der Waals surface area contributed by atoms with Crippen LogP contribution in [-0.4, -0.2) is 22.9 Å². The van der Waals surface area contributed by atoms with Gasteiger partial charge in [0.1, 0.15) is 0 Å². The number of nitrogens with one attached hydrogen (secondary N) is 1. The van der Waals surface area contributed by atoms with Crippen molar-refractivity contribution in [2.75, 3.05) is 13.2 Å². The van der Waals surface area contributed by atoms with Crippen LogP contribution in [0.4, 0.5) is 0 Å². The molecule has 0 amide bonds. The molecule has 1 N–H and O–H groups in total. The third kappa shape index (κ3) is 3.65. The maximum Gasteiger partial charge on any atom is 0.0866 e. The Balaban J connectivity index is 1.40. The van der Waals surface area contributed by atoms with Gasteiger partial charge in [0, 0.05) is 38.0 Å². The molecule has 2 aromatic carbocycles. The van der Waals surface area contributed by atoms with E-state index in [4.69, 9.17) is 4.74 Å². The smallest absolute Gasteiger partial charge is 0.0866 e. The summed E-state index contributed by atoms with van der Waals surface area (Å²) in [6.45, 7) is 2.62. The molecule has 0 saturated carbocycles. The minimum atomic E-state index is 0.204. The quantitative estimate of drug-likeness (QED) is 0.747. The summed E-state index contributed by atoms with van der Waals surface area (Å²) >= 11 is 0. The number of hydrogen-bond acceptors (Lipinski definition) is 3. The summed E-state index contributed by atoms with van der Waals surface area (Å²) < 4.78 is 7.90. The van der Waals surface area contributed by atoms with E-state index in [0.29, 0.717) is 5.92 Å². The van der Waals surface area contributed by atoms with Gasteiger partial charge in [-0.25, -0.2) is 4.68 Å². The van der Waals surface area contributed by atoms with Gasteiger partial charge in [0.25, 0.3) is 0 Å². The monoisotopic (exact) mass is 333 g/mol. The molecule has 0 spiro atoms. The van der Waals surface area contributed by atoms with E-state index in [1.54, 1.807) is 0 Å². The Morgan fingerprint density at radius 3 is 2.72 bits per heavy atom. The lowest BCUT2D eigenvalue weighted by atomic mass is 9.95. The van der Waals surface area contributed by atoms with Gasteiger partial charge >= 0.3 is 0 Å². The number of aromatic nitrogens is 2. The van der Waals surface area contributed by atoms with Gasteiger partial charge in [0.15, 0.2) is 0 Å². The number of nitrogens with zero attached hydrogens (tertiary/aromatic N) is 2. The fourth-order valence-electron chi connectivity index (χ4n) is 3.54. The summed E-state index contributed by atoms with van der Waals surface area (Å²) in [6, 6.07) is 20.9. The molecule has 1 aliphatic heterocycles. The lowest BCUT2D eigenvalue weighted by molar-refractivity contribution is 0.0904. The first kappa shape index (κ1) is 16.1. The molecule has 0 aliphatic carbocycles. The van der Waals surface area contributed by atoms with Crippen molar-refractivity contribution < 1.29 is 4.74 Å². The van der Waals surface area contributed by atoms with Crippen molar-refractivity contribution in [2.45, 2.75) is 19.1 Å². The average Bonchev–Trinajstić information content (AvgIpc) is 3.35. The van der Waals surface area contributed by atoms with Crippen molar-refractivity contribution in [1.29, 1.82) is 0 Å².